The van der Waals surface area contributed by atoms with Gasteiger partial charge in [-0.15, -0.1) is 6.58 Å². The molecule has 0 amide bonds. The van der Waals surface area contributed by atoms with Crippen LogP contribution in [-0.4, -0.2) is 13.1 Å². The molecule has 16 heavy (non-hydrogen) atoms. The molecule has 0 fully saturated rings. The van der Waals surface area contributed by atoms with Crippen LogP contribution in [0, 0.1) is 11.3 Å². The van der Waals surface area contributed by atoms with Crippen molar-refractivity contribution in [2.75, 3.05) is 7.11 Å². The lowest BCUT2D eigenvalue weighted by molar-refractivity contribution is -0.149. The molecule has 0 aliphatic carbocycles. The number of carbonyl (C=O) groups is 1. The summed E-state index contributed by atoms with van der Waals surface area (Å²) in [5.41, 5.74) is -0.00840. The minimum absolute atomic E-state index is 0.00840. The summed E-state index contributed by atoms with van der Waals surface area (Å²) in [6, 6.07) is 0. The molecule has 0 N–H and O–H groups in total. The van der Waals surface area contributed by atoms with Crippen LogP contribution in [0.2, 0.25) is 0 Å². The molecule has 0 saturated heterocycles. The van der Waals surface area contributed by atoms with Crippen LogP contribution in [0.1, 0.15) is 52.9 Å². The van der Waals surface area contributed by atoms with Gasteiger partial charge in [-0.25, -0.2) is 0 Å². The van der Waals surface area contributed by atoms with Crippen molar-refractivity contribution in [3.05, 3.63) is 12.7 Å². The number of esters is 1. The van der Waals surface area contributed by atoms with Gasteiger partial charge in [0, 0.05) is 0 Å². The number of rotatable bonds is 7. The highest BCUT2D eigenvalue weighted by Crippen LogP contribution is 2.31. The number of hydrogen-bond donors (Lipinski definition) is 0. The fraction of sp³-hybridized carbons (Fsp3) is 0.786. The van der Waals surface area contributed by atoms with Crippen molar-refractivity contribution in [1.82, 2.24) is 0 Å². The molecule has 2 heteroatoms. The van der Waals surface area contributed by atoms with E-state index in [1.807, 2.05) is 6.08 Å². The van der Waals surface area contributed by atoms with Crippen LogP contribution >= 0.6 is 0 Å². The summed E-state index contributed by atoms with van der Waals surface area (Å²) in [4.78, 5) is 11.6. The molecular formula is C14H26O2. The molecule has 2 nitrogen and oxygen atoms in total. The summed E-state index contributed by atoms with van der Waals surface area (Å²) in [6.45, 7) is 9.99. The highest BCUT2D eigenvalue weighted by Gasteiger charge is 2.31. The van der Waals surface area contributed by atoms with Gasteiger partial charge in [-0.2, -0.15) is 0 Å². The molecule has 94 valence electrons. The standard InChI is InChI=1S/C14H26O2/c1-6-7-8-9-10-11-12(13(15)16-5)14(2,3)4/h6,12H,1,7-11H2,2-5H3/t12-/m1/s1. The molecular weight excluding hydrogens is 200 g/mol. The van der Waals surface area contributed by atoms with Crippen LogP contribution in [0.5, 0.6) is 0 Å². The van der Waals surface area contributed by atoms with E-state index < -0.39 is 0 Å². The first-order chi connectivity index (χ1) is 7.43. The summed E-state index contributed by atoms with van der Waals surface area (Å²) in [6.07, 6.45) is 7.36. The Morgan fingerprint density at radius 3 is 2.38 bits per heavy atom. The average Bonchev–Trinajstić information content (AvgIpc) is 2.20. The van der Waals surface area contributed by atoms with Gasteiger partial charge in [-0.3, -0.25) is 4.79 Å². The van der Waals surface area contributed by atoms with E-state index in [9.17, 15) is 4.79 Å². The maximum Gasteiger partial charge on any atom is 0.309 e. The SMILES string of the molecule is C=CCCCCC[C@H](C(=O)OC)C(C)(C)C. The largest absolute Gasteiger partial charge is 0.469 e. The third-order valence-corrected chi connectivity index (χ3v) is 2.93. The van der Waals surface area contributed by atoms with E-state index in [4.69, 9.17) is 4.74 Å². The molecule has 0 aliphatic rings. The Morgan fingerprint density at radius 2 is 1.94 bits per heavy atom. The van der Waals surface area contributed by atoms with Gasteiger partial charge in [0.2, 0.25) is 0 Å². The summed E-state index contributed by atoms with van der Waals surface area (Å²) in [7, 11) is 1.47. The Morgan fingerprint density at radius 1 is 1.31 bits per heavy atom. The van der Waals surface area contributed by atoms with Crippen molar-refractivity contribution < 1.29 is 9.53 Å². The minimum atomic E-state index is -0.0729. The Kier molecular flexibility index (Phi) is 7.11. The normalized spacial score (nSPS) is 13.2. The number of carbonyl (C=O) groups excluding carboxylic acids is 1. The summed E-state index contributed by atoms with van der Waals surface area (Å²) >= 11 is 0. The summed E-state index contributed by atoms with van der Waals surface area (Å²) < 4.78 is 4.86. The molecule has 0 radical (unpaired) electrons. The molecule has 0 saturated carbocycles. The number of unbranched alkanes of at least 4 members (excludes halogenated alkanes) is 3. The molecule has 0 rings (SSSR count). The molecule has 0 bridgehead atoms. The molecule has 0 spiro atoms. The molecule has 0 aliphatic heterocycles. The monoisotopic (exact) mass is 226 g/mol. The zero-order valence-electron chi connectivity index (χ0n) is 11.2. The topological polar surface area (TPSA) is 26.3 Å². The van der Waals surface area contributed by atoms with Crippen LogP contribution in [0.15, 0.2) is 12.7 Å². The van der Waals surface area contributed by atoms with E-state index in [2.05, 4.69) is 27.4 Å². The molecule has 0 aromatic carbocycles. The van der Waals surface area contributed by atoms with Crippen molar-refractivity contribution >= 4 is 5.97 Å². The molecule has 0 heterocycles. The van der Waals surface area contributed by atoms with Gasteiger partial charge in [-0.05, 0) is 24.7 Å². The van der Waals surface area contributed by atoms with Crippen molar-refractivity contribution in [1.29, 1.82) is 0 Å². The predicted octanol–water partition coefficient (Wildman–Crippen LogP) is 3.96. The van der Waals surface area contributed by atoms with Gasteiger partial charge < -0.3 is 4.74 Å². The van der Waals surface area contributed by atoms with Crippen LogP contribution in [0.4, 0.5) is 0 Å². The third kappa shape index (κ3) is 5.94. The van der Waals surface area contributed by atoms with Crippen LogP contribution in [0.25, 0.3) is 0 Å². The third-order valence-electron chi connectivity index (χ3n) is 2.93. The Labute approximate surface area is 100 Å². The quantitative estimate of drug-likeness (QED) is 0.373. The lowest BCUT2D eigenvalue weighted by Crippen LogP contribution is -2.29. The van der Waals surface area contributed by atoms with Crippen molar-refractivity contribution in [2.45, 2.75) is 52.9 Å². The molecule has 0 aromatic heterocycles. The van der Waals surface area contributed by atoms with E-state index >= 15 is 0 Å². The van der Waals surface area contributed by atoms with Crippen molar-refractivity contribution in [3.63, 3.8) is 0 Å². The van der Waals surface area contributed by atoms with Crippen molar-refractivity contribution in [2.24, 2.45) is 11.3 Å². The van der Waals surface area contributed by atoms with Gasteiger partial charge >= 0.3 is 5.97 Å². The average molecular weight is 226 g/mol. The van der Waals surface area contributed by atoms with Crippen LogP contribution < -0.4 is 0 Å². The zero-order chi connectivity index (χ0) is 12.6. The first-order valence-corrected chi connectivity index (χ1v) is 6.12. The zero-order valence-corrected chi connectivity index (χ0v) is 11.2. The minimum Gasteiger partial charge on any atom is -0.469 e. The first kappa shape index (κ1) is 15.2. The molecule has 1 atom stereocenters. The highest BCUT2D eigenvalue weighted by atomic mass is 16.5. The second-order valence-corrected chi connectivity index (χ2v) is 5.37. The maximum atomic E-state index is 11.6. The number of methoxy groups -OCH3 is 1. The second-order valence-electron chi connectivity index (χ2n) is 5.37. The molecule has 0 unspecified atom stereocenters. The lowest BCUT2D eigenvalue weighted by atomic mass is 9.78. The van der Waals surface area contributed by atoms with E-state index in [0.717, 1.165) is 25.7 Å². The number of allylic oxidation sites excluding steroid dienone is 1. The van der Waals surface area contributed by atoms with Gasteiger partial charge in [0.05, 0.1) is 13.0 Å². The van der Waals surface area contributed by atoms with Crippen LogP contribution in [0.3, 0.4) is 0 Å². The van der Waals surface area contributed by atoms with Gasteiger partial charge in [0.1, 0.15) is 0 Å². The van der Waals surface area contributed by atoms with Gasteiger partial charge in [0.15, 0.2) is 0 Å². The summed E-state index contributed by atoms with van der Waals surface area (Å²) in [5, 5.41) is 0. The Bertz CT molecular complexity index is 213. The number of hydrogen-bond acceptors (Lipinski definition) is 2. The predicted molar refractivity (Wildman–Crippen MR) is 68.2 cm³/mol. The van der Waals surface area contributed by atoms with Crippen molar-refractivity contribution in [3.8, 4) is 0 Å². The number of ether oxygens (including phenoxy) is 1. The van der Waals surface area contributed by atoms with E-state index in [0.29, 0.717) is 0 Å². The van der Waals surface area contributed by atoms with Crippen LogP contribution in [-0.2, 0) is 9.53 Å². The van der Waals surface area contributed by atoms with E-state index in [1.54, 1.807) is 0 Å². The van der Waals surface area contributed by atoms with Gasteiger partial charge in [0.25, 0.3) is 0 Å². The second kappa shape index (κ2) is 7.48. The van der Waals surface area contributed by atoms with E-state index in [1.165, 1.54) is 13.5 Å². The lowest BCUT2D eigenvalue weighted by Gasteiger charge is -2.28. The Hall–Kier alpha value is -0.790. The first-order valence-electron chi connectivity index (χ1n) is 6.12. The Balaban J connectivity index is 4.04. The fourth-order valence-electron chi connectivity index (χ4n) is 1.86. The fourth-order valence-corrected chi connectivity index (χ4v) is 1.86. The van der Waals surface area contributed by atoms with Gasteiger partial charge in [-0.1, -0.05) is 39.7 Å². The maximum absolute atomic E-state index is 11.6. The van der Waals surface area contributed by atoms with E-state index in [-0.39, 0.29) is 17.3 Å². The highest BCUT2D eigenvalue weighted by molar-refractivity contribution is 5.73. The molecule has 0 aromatic rings. The smallest absolute Gasteiger partial charge is 0.309 e. The summed E-state index contributed by atoms with van der Waals surface area (Å²) in [5.74, 6) is -0.0579.